The average Bonchev–Trinajstić information content (AvgIpc) is 2.85. The van der Waals surface area contributed by atoms with Crippen molar-refractivity contribution < 1.29 is 4.74 Å². The minimum absolute atomic E-state index is 0.909. The molecule has 0 bridgehead atoms. The molecule has 0 aliphatic heterocycles. The van der Waals surface area contributed by atoms with E-state index >= 15 is 0 Å². The van der Waals surface area contributed by atoms with Crippen LogP contribution in [-0.2, 0) is 12.8 Å². The number of H-pyrrole nitrogens is 1. The van der Waals surface area contributed by atoms with Crippen LogP contribution in [-0.4, -0.2) is 17.1 Å². The molecular formula is C16H14N2O. The Morgan fingerprint density at radius 2 is 2.16 bits per heavy atom. The molecule has 0 fully saturated rings. The zero-order valence-electron chi connectivity index (χ0n) is 10.7. The van der Waals surface area contributed by atoms with Gasteiger partial charge in [-0.2, -0.15) is 0 Å². The highest BCUT2D eigenvalue weighted by Gasteiger charge is 2.21. The first-order chi connectivity index (χ1) is 9.36. The van der Waals surface area contributed by atoms with Crippen molar-refractivity contribution in [3.63, 3.8) is 0 Å². The number of rotatable bonds is 1. The van der Waals surface area contributed by atoms with Gasteiger partial charge in [0.25, 0.3) is 0 Å². The van der Waals surface area contributed by atoms with Crippen molar-refractivity contribution in [2.75, 3.05) is 7.11 Å². The first-order valence-electron chi connectivity index (χ1n) is 6.49. The van der Waals surface area contributed by atoms with Crippen LogP contribution >= 0.6 is 0 Å². The standard InChI is InChI=1S/C16H14N2O/c1-19-10-4-6-15-13(9-10)11-5-7-14-12(16(11)18-15)3-2-8-17-14/h2-4,6,8-9,18H,5,7H2,1H3. The minimum Gasteiger partial charge on any atom is -0.497 e. The smallest absolute Gasteiger partial charge is 0.119 e. The lowest BCUT2D eigenvalue weighted by molar-refractivity contribution is 0.415. The van der Waals surface area contributed by atoms with Gasteiger partial charge in [0, 0.05) is 28.4 Å². The maximum Gasteiger partial charge on any atom is 0.119 e. The topological polar surface area (TPSA) is 37.9 Å². The van der Waals surface area contributed by atoms with Crippen LogP contribution in [0.15, 0.2) is 36.5 Å². The van der Waals surface area contributed by atoms with Gasteiger partial charge >= 0.3 is 0 Å². The summed E-state index contributed by atoms with van der Waals surface area (Å²) in [5.41, 5.74) is 6.20. The van der Waals surface area contributed by atoms with Gasteiger partial charge in [0.1, 0.15) is 5.75 Å². The lowest BCUT2D eigenvalue weighted by Crippen LogP contribution is -2.04. The van der Waals surface area contributed by atoms with Crippen molar-refractivity contribution in [2.24, 2.45) is 0 Å². The van der Waals surface area contributed by atoms with E-state index in [0.717, 1.165) is 18.6 Å². The number of aromatic amines is 1. The summed E-state index contributed by atoms with van der Waals surface area (Å²) in [7, 11) is 1.71. The van der Waals surface area contributed by atoms with Crippen molar-refractivity contribution in [1.29, 1.82) is 0 Å². The molecule has 2 aromatic heterocycles. The van der Waals surface area contributed by atoms with E-state index in [1.807, 2.05) is 18.3 Å². The predicted molar refractivity (Wildman–Crippen MR) is 75.5 cm³/mol. The van der Waals surface area contributed by atoms with E-state index in [1.165, 1.54) is 33.4 Å². The normalized spacial score (nSPS) is 13.1. The van der Waals surface area contributed by atoms with E-state index in [0.29, 0.717) is 0 Å². The van der Waals surface area contributed by atoms with E-state index in [2.05, 4.69) is 28.2 Å². The average molecular weight is 250 g/mol. The van der Waals surface area contributed by atoms with Gasteiger partial charge in [-0.1, -0.05) is 0 Å². The number of fused-ring (bicyclic) bond motifs is 5. The predicted octanol–water partition coefficient (Wildman–Crippen LogP) is 3.34. The van der Waals surface area contributed by atoms with Crippen molar-refractivity contribution in [3.8, 4) is 17.0 Å². The summed E-state index contributed by atoms with van der Waals surface area (Å²) in [6.07, 6.45) is 3.91. The van der Waals surface area contributed by atoms with E-state index in [-0.39, 0.29) is 0 Å². The first-order valence-corrected chi connectivity index (χ1v) is 6.49. The maximum atomic E-state index is 5.33. The highest BCUT2D eigenvalue weighted by molar-refractivity contribution is 5.92. The molecule has 1 aliphatic rings. The Labute approximate surface area is 111 Å². The third-order valence-electron chi connectivity index (χ3n) is 3.88. The highest BCUT2D eigenvalue weighted by Crippen LogP contribution is 2.37. The summed E-state index contributed by atoms with van der Waals surface area (Å²) >= 11 is 0. The van der Waals surface area contributed by atoms with Crippen LogP contribution in [0.3, 0.4) is 0 Å². The van der Waals surface area contributed by atoms with Gasteiger partial charge < -0.3 is 9.72 Å². The Kier molecular flexibility index (Phi) is 2.15. The Morgan fingerprint density at radius 1 is 1.21 bits per heavy atom. The molecule has 3 heteroatoms. The quantitative estimate of drug-likeness (QED) is 0.719. The van der Waals surface area contributed by atoms with Crippen LogP contribution in [0.2, 0.25) is 0 Å². The molecule has 0 unspecified atom stereocenters. The number of aryl methyl sites for hydroxylation is 2. The van der Waals surface area contributed by atoms with Crippen molar-refractivity contribution in [1.82, 2.24) is 9.97 Å². The van der Waals surface area contributed by atoms with Crippen molar-refractivity contribution in [3.05, 3.63) is 47.8 Å². The molecule has 2 heterocycles. The molecule has 0 atom stereocenters. The Balaban J connectivity index is 2.02. The Hall–Kier alpha value is -2.29. The fourth-order valence-electron chi connectivity index (χ4n) is 2.95. The number of aromatic nitrogens is 2. The van der Waals surface area contributed by atoms with Gasteiger partial charge in [-0.25, -0.2) is 0 Å². The zero-order valence-corrected chi connectivity index (χ0v) is 10.7. The van der Waals surface area contributed by atoms with Crippen LogP contribution in [0.4, 0.5) is 0 Å². The molecule has 94 valence electrons. The van der Waals surface area contributed by atoms with Gasteiger partial charge in [-0.15, -0.1) is 0 Å². The van der Waals surface area contributed by atoms with Crippen LogP contribution in [0.25, 0.3) is 22.2 Å². The second-order valence-electron chi connectivity index (χ2n) is 4.89. The molecule has 1 aromatic carbocycles. The van der Waals surface area contributed by atoms with Gasteiger partial charge in [-0.05, 0) is 48.7 Å². The second kappa shape index (κ2) is 3.85. The van der Waals surface area contributed by atoms with E-state index in [4.69, 9.17) is 4.74 Å². The summed E-state index contributed by atoms with van der Waals surface area (Å²) in [5, 5.41) is 1.27. The summed E-state index contributed by atoms with van der Waals surface area (Å²) in [6, 6.07) is 10.3. The van der Waals surface area contributed by atoms with E-state index in [1.54, 1.807) is 7.11 Å². The lowest BCUT2D eigenvalue weighted by atomic mass is 9.92. The molecule has 4 rings (SSSR count). The van der Waals surface area contributed by atoms with Crippen LogP contribution in [0.5, 0.6) is 5.75 Å². The van der Waals surface area contributed by atoms with Gasteiger partial charge in [-0.3, -0.25) is 4.98 Å². The first kappa shape index (κ1) is 10.6. The molecule has 3 nitrogen and oxygen atoms in total. The number of ether oxygens (including phenoxy) is 1. The molecule has 19 heavy (non-hydrogen) atoms. The van der Waals surface area contributed by atoms with Crippen LogP contribution in [0.1, 0.15) is 11.3 Å². The SMILES string of the molecule is COc1ccc2[nH]c3c(c2c1)CCc1ncccc1-3. The second-order valence-corrected chi connectivity index (χ2v) is 4.89. The Bertz CT molecular complexity index is 774. The monoisotopic (exact) mass is 250 g/mol. The molecular weight excluding hydrogens is 236 g/mol. The highest BCUT2D eigenvalue weighted by atomic mass is 16.5. The lowest BCUT2D eigenvalue weighted by Gasteiger charge is -2.15. The van der Waals surface area contributed by atoms with Crippen LogP contribution < -0.4 is 4.74 Å². The number of hydrogen-bond acceptors (Lipinski definition) is 2. The van der Waals surface area contributed by atoms with Gasteiger partial charge in [0.05, 0.1) is 12.8 Å². The fourth-order valence-corrected chi connectivity index (χ4v) is 2.95. The van der Waals surface area contributed by atoms with Gasteiger partial charge in [0.2, 0.25) is 0 Å². The van der Waals surface area contributed by atoms with Crippen molar-refractivity contribution in [2.45, 2.75) is 12.8 Å². The van der Waals surface area contributed by atoms with Gasteiger partial charge in [0.15, 0.2) is 0 Å². The molecule has 1 N–H and O–H groups in total. The molecule has 0 saturated carbocycles. The summed E-state index contributed by atoms with van der Waals surface area (Å²) < 4.78 is 5.33. The molecule has 0 saturated heterocycles. The number of nitrogens with one attached hydrogen (secondary N) is 1. The van der Waals surface area contributed by atoms with E-state index < -0.39 is 0 Å². The number of benzene rings is 1. The number of pyridine rings is 1. The number of hydrogen-bond donors (Lipinski definition) is 1. The molecule has 0 amide bonds. The third-order valence-corrected chi connectivity index (χ3v) is 3.88. The summed E-state index contributed by atoms with van der Waals surface area (Å²) in [5.74, 6) is 0.909. The largest absolute Gasteiger partial charge is 0.497 e. The maximum absolute atomic E-state index is 5.33. The minimum atomic E-state index is 0.909. The summed E-state index contributed by atoms with van der Waals surface area (Å²) in [6.45, 7) is 0. The number of nitrogens with zero attached hydrogens (tertiary/aromatic N) is 1. The van der Waals surface area contributed by atoms with Crippen molar-refractivity contribution >= 4 is 10.9 Å². The molecule has 0 radical (unpaired) electrons. The number of methoxy groups -OCH3 is 1. The molecule has 0 spiro atoms. The molecule has 1 aliphatic carbocycles. The van der Waals surface area contributed by atoms with E-state index in [9.17, 15) is 0 Å². The molecule has 3 aromatic rings. The fraction of sp³-hybridized carbons (Fsp3) is 0.188. The summed E-state index contributed by atoms with van der Waals surface area (Å²) in [4.78, 5) is 8.01. The zero-order chi connectivity index (χ0) is 12.8. The Morgan fingerprint density at radius 3 is 3.05 bits per heavy atom. The third kappa shape index (κ3) is 1.48. The van der Waals surface area contributed by atoms with Crippen LogP contribution in [0, 0.1) is 0 Å².